The van der Waals surface area contributed by atoms with Crippen molar-refractivity contribution < 1.29 is 14.2 Å². The molecule has 1 N–H and O–H groups in total. The Labute approximate surface area is 145 Å². The Bertz CT molecular complexity index is 521. The largest absolute Gasteiger partial charge is 0.493 e. The molecule has 0 unspecified atom stereocenters. The van der Waals surface area contributed by atoms with E-state index in [-0.39, 0.29) is 0 Å². The first-order chi connectivity index (χ1) is 11.7. The Morgan fingerprint density at radius 1 is 0.875 bits per heavy atom. The van der Waals surface area contributed by atoms with E-state index in [1.54, 1.807) is 21.3 Å². The molecule has 2 aliphatic rings. The van der Waals surface area contributed by atoms with Gasteiger partial charge < -0.3 is 19.5 Å². The molecule has 4 heteroatoms. The molecular formula is C20H31NO3. The van der Waals surface area contributed by atoms with Crippen molar-refractivity contribution in [3.63, 3.8) is 0 Å². The van der Waals surface area contributed by atoms with Crippen LogP contribution in [-0.4, -0.2) is 27.4 Å². The standard InChI is InChI=1S/C20H31NO3/c1-22-18-10-14(11-19(23-2)20(18)24-3)13-21-17-9-8-15-6-4-5-7-16(15)12-17/h10-11,15-17,21H,4-9,12-13H2,1-3H3/t15-,16-,17+/m1/s1. The zero-order valence-corrected chi connectivity index (χ0v) is 15.3. The molecule has 0 spiro atoms. The van der Waals surface area contributed by atoms with E-state index in [9.17, 15) is 0 Å². The molecule has 0 radical (unpaired) electrons. The average molecular weight is 333 g/mol. The maximum absolute atomic E-state index is 5.45. The van der Waals surface area contributed by atoms with Crippen molar-refractivity contribution in [2.75, 3.05) is 21.3 Å². The molecule has 0 saturated heterocycles. The summed E-state index contributed by atoms with van der Waals surface area (Å²) >= 11 is 0. The second-order valence-corrected chi connectivity index (χ2v) is 7.23. The summed E-state index contributed by atoms with van der Waals surface area (Å²) in [6.45, 7) is 0.846. The van der Waals surface area contributed by atoms with Crippen LogP contribution in [0.15, 0.2) is 12.1 Å². The van der Waals surface area contributed by atoms with Gasteiger partial charge in [0.05, 0.1) is 21.3 Å². The molecule has 134 valence electrons. The molecule has 0 bridgehead atoms. The van der Waals surface area contributed by atoms with Gasteiger partial charge in [-0.1, -0.05) is 25.7 Å². The molecule has 0 aromatic heterocycles. The highest BCUT2D eigenvalue weighted by Gasteiger charge is 2.31. The lowest BCUT2D eigenvalue weighted by molar-refractivity contribution is 0.143. The van der Waals surface area contributed by atoms with E-state index >= 15 is 0 Å². The number of methoxy groups -OCH3 is 3. The lowest BCUT2D eigenvalue weighted by Crippen LogP contribution is -2.38. The van der Waals surface area contributed by atoms with Crippen molar-refractivity contribution in [1.29, 1.82) is 0 Å². The minimum absolute atomic E-state index is 0.642. The highest BCUT2D eigenvalue weighted by atomic mass is 16.5. The quantitative estimate of drug-likeness (QED) is 0.848. The van der Waals surface area contributed by atoms with Crippen LogP contribution < -0.4 is 19.5 Å². The fourth-order valence-electron chi connectivity index (χ4n) is 4.56. The zero-order chi connectivity index (χ0) is 16.9. The van der Waals surface area contributed by atoms with Crippen LogP contribution in [0.1, 0.15) is 50.5 Å². The van der Waals surface area contributed by atoms with E-state index in [2.05, 4.69) is 5.32 Å². The van der Waals surface area contributed by atoms with Crippen molar-refractivity contribution in [1.82, 2.24) is 5.32 Å². The van der Waals surface area contributed by atoms with Crippen LogP contribution in [-0.2, 0) is 6.54 Å². The molecule has 3 atom stereocenters. The van der Waals surface area contributed by atoms with E-state index < -0.39 is 0 Å². The minimum atomic E-state index is 0.642. The molecule has 1 aromatic rings. The second kappa shape index (κ2) is 8.11. The first kappa shape index (κ1) is 17.4. The summed E-state index contributed by atoms with van der Waals surface area (Å²) in [6.07, 6.45) is 9.83. The van der Waals surface area contributed by atoms with Crippen molar-refractivity contribution in [2.45, 2.75) is 57.5 Å². The van der Waals surface area contributed by atoms with E-state index in [0.717, 1.165) is 29.9 Å². The normalized spacial score (nSPS) is 26.5. The molecule has 1 aromatic carbocycles. The Morgan fingerprint density at radius 2 is 1.54 bits per heavy atom. The van der Waals surface area contributed by atoms with Gasteiger partial charge in [-0.3, -0.25) is 0 Å². The third kappa shape index (κ3) is 3.80. The number of hydrogen-bond donors (Lipinski definition) is 1. The fourth-order valence-corrected chi connectivity index (χ4v) is 4.56. The van der Waals surface area contributed by atoms with Gasteiger partial charge in [0.1, 0.15) is 0 Å². The highest BCUT2D eigenvalue weighted by molar-refractivity contribution is 5.53. The Hall–Kier alpha value is -1.42. The molecule has 4 nitrogen and oxygen atoms in total. The molecule has 24 heavy (non-hydrogen) atoms. The van der Waals surface area contributed by atoms with E-state index in [1.807, 2.05) is 12.1 Å². The second-order valence-electron chi connectivity index (χ2n) is 7.23. The van der Waals surface area contributed by atoms with Gasteiger partial charge in [0.25, 0.3) is 0 Å². The molecule has 0 aliphatic heterocycles. The van der Waals surface area contributed by atoms with Gasteiger partial charge in [0.15, 0.2) is 11.5 Å². The van der Waals surface area contributed by atoms with E-state index in [1.165, 1.54) is 50.5 Å². The summed E-state index contributed by atoms with van der Waals surface area (Å²) < 4.78 is 16.3. The Balaban J connectivity index is 1.62. The summed E-state index contributed by atoms with van der Waals surface area (Å²) in [7, 11) is 4.97. The van der Waals surface area contributed by atoms with Gasteiger partial charge >= 0.3 is 0 Å². The van der Waals surface area contributed by atoms with Crippen LogP contribution in [0.25, 0.3) is 0 Å². The summed E-state index contributed by atoms with van der Waals surface area (Å²) in [5, 5.41) is 3.76. The van der Waals surface area contributed by atoms with Crippen LogP contribution in [0, 0.1) is 11.8 Å². The van der Waals surface area contributed by atoms with Crippen LogP contribution in [0.4, 0.5) is 0 Å². The third-order valence-corrected chi connectivity index (χ3v) is 5.86. The molecule has 2 aliphatic carbocycles. The molecule has 0 amide bonds. The predicted molar refractivity (Wildman–Crippen MR) is 96.0 cm³/mol. The summed E-state index contributed by atoms with van der Waals surface area (Å²) in [4.78, 5) is 0. The number of hydrogen-bond acceptors (Lipinski definition) is 4. The van der Waals surface area contributed by atoms with Crippen LogP contribution in [0.3, 0.4) is 0 Å². The van der Waals surface area contributed by atoms with Crippen LogP contribution in [0.2, 0.25) is 0 Å². The van der Waals surface area contributed by atoms with Crippen LogP contribution >= 0.6 is 0 Å². The summed E-state index contributed by atoms with van der Waals surface area (Å²) in [6, 6.07) is 4.73. The number of nitrogens with one attached hydrogen (secondary N) is 1. The zero-order valence-electron chi connectivity index (χ0n) is 15.3. The van der Waals surface area contributed by atoms with Crippen molar-refractivity contribution in [3.8, 4) is 17.2 Å². The van der Waals surface area contributed by atoms with Gasteiger partial charge in [0, 0.05) is 12.6 Å². The molecule has 3 rings (SSSR count). The molecule has 2 fully saturated rings. The van der Waals surface area contributed by atoms with Gasteiger partial charge in [-0.05, 0) is 48.8 Å². The Morgan fingerprint density at radius 3 is 2.17 bits per heavy atom. The number of fused-ring (bicyclic) bond motifs is 1. The molecule has 2 saturated carbocycles. The number of ether oxygens (including phenoxy) is 3. The van der Waals surface area contributed by atoms with E-state index in [4.69, 9.17) is 14.2 Å². The Kier molecular flexibility index (Phi) is 5.88. The van der Waals surface area contributed by atoms with Gasteiger partial charge in [-0.15, -0.1) is 0 Å². The van der Waals surface area contributed by atoms with Crippen molar-refractivity contribution >= 4 is 0 Å². The molecule has 0 heterocycles. The maximum Gasteiger partial charge on any atom is 0.203 e. The number of benzene rings is 1. The monoisotopic (exact) mass is 333 g/mol. The number of rotatable bonds is 6. The summed E-state index contributed by atoms with van der Waals surface area (Å²) in [5.41, 5.74) is 1.18. The fraction of sp³-hybridized carbons (Fsp3) is 0.700. The SMILES string of the molecule is COc1cc(CN[C@H]2CC[C@H]3CCCC[C@@H]3C2)cc(OC)c1OC. The van der Waals surface area contributed by atoms with Gasteiger partial charge in [0.2, 0.25) is 5.75 Å². The lowest BCUT2D eigenvalue weighted by Gasteiger charge is -2.39. The van der Waals surface area contributed by atoms with Crippen LogP contribution in [0.5, 0.6) is 17.2 Å². The highest BCUT2D eigenvalue weighted by Crippen LogP contribution is 2.41. The first-order valence-corrected chi connectivity index (χ1v) is 9.27. The molecular weight excluding hydrogens is 302 g/mol. The van der Waals surface area contributed by atoms with Crippen molar-refractivity contribution in [2.24, 2.45) is 11.8 Å². The van der Waals surface area contributed by atoms with Gasteiger partial charge in [-0.2, -0.15) is 0 Å². The third-order valence-electron chi connectivity index (χ3n) is 5.86. The van der Waals surface area contributed by atoms with Gasteiger partial charge in [-0.25, -0.2) is 0 Å². The van der Waals surface area contributed by atoms with E-state index in [0.29, 0.717) is 11.8 Å². The smallest absolute Gasteiger partial charge is 0.203 e. The minimum Gasteiger partial charge on any atom is -0.493 e. The lowest BCUT2D eigenvalue weighted by atomic mass is 9.69. The predicted octanol–water partition coefficient (Wildman–Crippen LogP) is 4.16. The maximum atomic E-state index is 5.45. The average Bonchev–Trinajstić information content (AvgIpc) is 2.65. The van der Waals surface area contributed by atoms with Crippen molar-refractivity contribution in [3.05, 3.63) is 17.7 Å². The first-order valence-electron chi connectivity index (χ1n) is 9.27. The summed E-state index contributed by atoms with van der Waals surface area (Å²) in [5.74, 6) is 4.06. The topological polar surface area (TPSA) is 39.7 Å².